The first-order valence-corrected chi connectivity index (χ1v) is 9.20. The highest BCUT2D eigenvalue weighted by molar-refractivity contribution is 6.30. The Morgan fingerprint density at radius 1 is 1.15 bits per heavy atom. The number of nitrogens with two attached hydrogens (primary N) is 1. The molecule has 0 spiro atoms. The number of likely N-dealkylation sites (N-methyl/N-ethyl adjacent to an activating group) is 1. The summed E-state index contributed by atoms with van der Waals surface area (Å²) in [6, 6.07) is 10.2. The Labute approximate surface area is 163 Å². The molecule has 0 bridgehead atoms. The number of hydrogen-bond acceptors (Lipinski definition) is 5. The van der Waals surface area contributed by atoms with Gasteiger partial charge in [-0.15, -0.1) is 0 Å². The minimum atomic E-state index is -0.589. The number of hydrogen-bond donors (Lipinski definition) is 1. The Balaban J connectivity index is 1.86. The molecule has 7 heteroatoms. The van der Waals surface area contributed by atoms with E-state index < -0.39 is 5.54 Å². The Bertz CT molecular complexity index is 1010. The van der Waals surface area contributed by atoms with E-state index in [4.69, 9.17) is 22.3 Å². The van der Waals surface area contributed by atoms with Gasteiger partial charge in [0.2, 0.25) is 0 Å². The molecule has 0 amide bonds. The number of aromatic nitrogens is 3. The summed E-state index contributed by atoms with van der Waals surface area (Å²) in [5, 5.41) is 5.06. The largest absolute Gasteiger partial charge is 0.370 e. The molecule has 1 unspecified atom stereocenters. The molecule has 1 atom stereocenters. The topological polar surface area (TPSA) is 72.3 Å². The molecule has 1 aliphatic rings. The van der Waals surface area contributed by atoms with Gasteiger partial charge in [0.05, 0.1) is 17.8 Å². The van der Waals surface area contributed by atoms with Crippen molar-refractivity contribution < 1.29 is 0 Å². The first-order valence-electron chi connectivity index (χ1n) is 8.83. The lowest BCUT2D eigenvalue weighted by Gasteiger charge is -2.27. The van der Waals surface area contributed by atoms with Gasteiger partial charge >= 0.3 is 0 Å². The third-order valence-corrected chi connectivity index (χ3v) is 5.18. The molecule has 2 N–H and O–H groups in total. The number of halogens is 1. The van der Waals surface area contributed by atoms with Crippen LogP contribution >= 0.6 is 11.6 Å². The van der Waals surface area contributed by atoms with Crippen LogP contribution in [0.15, 0.2) is 60.1 Å². The minimum absolute atomic E-state index is 0.522. The Hall–Kier alpha value is -2.86. The molecule has 1 aromatic carbocycles. The second-order valence-electron chi connectivity index (χ2n) is 6.74. The zero-order valence-electron chi connectivity index (χ0n) is 15.3. The van der Waals surface area contributed by atoms with Gasteiger partial charge in [0.25, 0.3) is 0 Å². The van der Waals surface area contributed by atoms with Crippen LogP contribution in [0.3, 0.4) is 0 Å². The third-order valence-electron chi connectivity index (χ3n) is 4.98. The van der Waals surface area contributed by atoms with E-state index in [0.29, 0.717) is 17.5 Å². The zero-order chi connectivity index (χ0) is 19.0. The van der Waals surface area contributed by atoms with Gasteiger partial charge in [0.1, 0.15) is 5.54 Å². The van der Waals surface area contributed by atoms with Crippen LogP contribution < -0.4 is 5.73 Å². The van der Waals surface area contributed by atoms with E-state index in [1.54, 1.807) is 6.20 Å². The van der Waals surface area contributed by atoms with Crippen molar-refractivity contribution >= 4 is 17.6 Å². The molecule has 1 aliphatic heterocycles. The van der Waals surface area contributed by atoms with Crippen molar-refractivity contribution in [2.45, 2.75) is 19.0 Å². The van der Waals surface area contributed by atoms with Gasteiger partial charge < -0.3 is 10.6 Å². The maximum Gasteiger partial charge on any atom is 0.192 e. The lowest BCUT2D eigenvalue weighted by Crippen LogP contribution is -2.34. The van der Waals surface area contributed by atoms with Gasteiger partial charge in [-0.2, -0.15) is 5.10 Å². The van der Waals surface area contributed by atoms with Crippen molar-refractivity contribution in [3.8, 4) is 11.1 Å². The fourth-order valence-corrected chi connectivity index (χ4v) is 3.67. The highest BCUT2D eigenvalue weighted by Gasteiger charge is 2.41. The molecule has 4 rings (SSSR count). The van der Waals surface area contributed by atoms with Crippen LogP contribution in [-0.4, -0.2) is 39.2 Å². The van der Waals surface area contributed by atoms with E-state index in [1.165, 1.54) is 0 Å². The molecule has 138 valence electrons. The fraction of sp³-hybridized carbons (Fsp3) is 0.250. The second kappa shape index (κ2) is 6.70. The van der Waals surface area contributed by atoms with Crippen molar-refractivity contribution in [2.75, 3.05) is 13.6 Å². The summed E-state index contributed by atoms with van der Waals surface area (Å²) in [7, 11) is 1.95. The molecule has 6 nitrogen and oxygen atoms in total. The number of aliphatic imine (C=N–C) groups is 1. The van der Waals surface area contributed by atoms with Crippen molar-refractivity contribution in [2.24, 2.45) is 10.7 Å². The maximum atomic E-state index is 6.16. The van der Waals surface area contributed by atoms with E-state index in [-0.39, 0.29) is 0 Å². The predicted molar refractivity (Wildman–Crippen MR) is 108 cm³/mol. The molecule has 2 aromatic heterocycles. The van der Waals surface area contributed by atoms with Crippen LogP contribution in [0, 0.1) is 0 Å². The zero-order valence-corrected chi connectivity index (χ0v) is 16.1. The minimum Gasteiger partial charge on any atom is -0.370 e. The molecule has 0 saturated heterocycles. The van der Waals surface area contributed by atoms with Crippen LogP contribution in [0.2, 0.25) is 5.02 Å². The number of guanidine groups is 1. The monoisotopic (exact) mass is 380 g/mol. The van der Waals surface area contributed by atoms with Crippen LogP contribution in [0.1, 0.15) is 18.1 Å². The molecule has 27 heavy (non-hydrogen) atoms. The Morgan fingerprint density at radius 3 is 2.67 bits per heavy atom. The normalized spacial score (nSPS) is 19.4. The lowest BCUT2D eigenvalue weighted by atomic mass is 9.84. The smallest absolute Gasteiger partial charge is 0.192 e. The van der Waals surface area contributed by atoms with Gasteiger partial charge in [0, 0.05) is 43.3 Å². The summed E-state index contributed by atoms with van der Waals surface area (Å²) in [6.45, 7) is 3.53. The Kier molecular flexibility index (Phi) is 4.36. The molecular formula is C20H21ClN6. The summed E-state index contributed by atoms with van der Waals surface area (Å²) >= 11 is 6.12. The number of benzene rings is 1. The number of nitrogens with zero attached hydrogens (tertiary/aromatic N) is 5. The summed E-state index contributed by atoms with van der Waals surface area (Å²) in [6.07, 6.45) is 7.37. The van der Waals surface area contributed by atoms with Gasteiger partial charge in [-0.25, -0.2) is 4.99 Å². The van der Waals surface area contributed by atoms with E-state index in [9.17, 15) is 0 Å². The lowest BCUT2D eigenvalue weighted by molar-refractivity contribution is 0.432. The molecule has 0 aliphatic carbocycles. The number of rotatable bonds is 4. The van der Waals surface area contributed by atoms with Crippen LogP contribution in [0.4, 0.5) is 0 Å². The first kappa shape index (κ1) is 17.5. The summed E-state index contributed by atoms with van der Waals surface area (Å²) in [5.74, 6) is 0.522. The first-order chi connectivity index (χ1) is 13.0. The number of pyridine rings is 1. The van der Waals surface area contributed by atoms with Crippen LogP contribution in [0.25, 0.3) is 11.1 Å². The second-order valence-corrected chi connectivity index (χ2v) is 7.18. The highest BCUT2D eigenvalue weighted by Crippen LogP contribution is 2.39. The average Bonchev–Trinajstić information content (AvgIpc) is 3.28. The van der Waals surface area contributed by atoms with Crippen molar-refractivity contribution in [3.63, 3.8) is 0 Å². The Morgan fingerprint density at radius 2 is 2.00 bits per heavy atom. The van der Waals surface area contributed by atoms with Crippen molar-refractivity contribution in [1.82, 2.24) is 19.7 Å². The van der Waals surface area contributed by atoms with Gasteiger partial charge in [-0.3, -0.25) is 9.67 Å². The number of aryl methyl sites for hydroxylation is 1. The average molecular weight is 381 g/mol. The SMILES string of the molecule is CCn1cc(C2(c3cccc(-c4cncc(Cl)c4)c3)CN(C)C(N)=N2)cn1. The van der Waals surface area contributed by atoms with E-state index in [0.717, 1.165) is 28.8 Å². The maximum absolute atomic E-state index is 6.16. The van der Waals surface area contributed by atoms with Gasteiger partial charge in [0.15, 0.2) is 5.96 Å². The van der Waals surface area contributed by atoms with E-state index >= 15 is 0 Å². The van der Waals surface area contributed by atoms with Gasteiger partial charge in [-0.05, 0) is 30.2 Å². The molecule has 0 saturated carbocycles. The van der Waals surface area contributed by atoms with Crippen LogP contribution in [-0.2, 0) is 12.1 Å². The molecule has 0 fully saturated rings. The highest BCUT2D eigenvalue weighted by atomic mass is 35.5. The summed E-state index contributed by atoms with van der Waals surface area (Å²) in [5.41, 5.74) is 9.65. The van der Waals surface area contributed by atoms with Crippen molar-refractivity contribution in [3.05, 3.63) is 71.3 Å². The predicted octanol–water partition coefficient (Wildman–Crippen LogP) is 3.12. The van der Waals surface area contributed by atoms with E-state index in [1.807, 2.05) is 53.4 Å². The van der Waals surface area contributed by atoms with Gasteiger partial charge in [-0.1, -0.05) is 29.8 Å². The summed E-state index contributed by atoms with van der Waals surface area (Å²) in [4.78, 5) is 11.0. The molecule has 3 aromatic rings. The summed E-state index contributed by atoms with van der Waals surface area (Å²) < 4.78 is 1.91. The fourth-order valence-electron chi connectivity index (χ4n) is 3.49. The molecule has 3 heterocycles. The molecule has 0 radical (unpaired) electrons. The van der Waals surface area contributed by atoms with E-state index in [2.05, 4.69) is 29.1 Å². The standard InChI is InChI=1S/C20H21ClN6/c1-3-27-12-17(10-24-27)20(13-26(2)19(22)25-20)16-6-4-5-14(7-16)15-8-18(21)11-23-9-15/h4-12H,3,13H2,1-2H3,(H2,22,25). The van der Waals surface area contributed by atoms with Crippen molar-refractivity contribution in [1.29, 1.82) is 0 Å². The molecular weight excluding hydrogens is 360 g/mol. The third kappa shape index (κ3) is 3.06. The van der Waals surface area contributed by atoms with Crippen LogP contribution in [0.5, 0.6) is 0 Å². The quantitative estimate of drug-likeness (QED) is 0.754.